The van der Waals surface area contributed by atoms with Gasteiger partial charge in [0.15, 0.2) is 0 Å². The van der Waals surface area contributed by atoms with Gasteiger partial charge in [0.2, 0.25) is 0 Å². The summed E-state index contributed by atoms with van der Waals surface area (Å²) in [5.41, 5.74) is 0. The lowest BCUT2D eigenvalue weighted by molar-refractivity contribution is -0.360. The smallest absolute Gasteiger partial charge is 0.308 e. The minimum absolute atomic E-state index is 0.0220. The van der Waals surface area contributed by atoms with Crippen LogP contribution in [-0.2, 0) is 0 Å². The molecule has 0 spiro atoms. The first-order valence-corrected chi connectivity index (χ1v) is 4.66. The third-order valence-electron chi connectivity index (χ3n) is 2.52. The van der Waals surface area contributed by atoms with E-state index in [1.165, 1.54) is 0 Å². The van der Waals surface area contributed by atoms with E-state index in [0.717, 1.165) is 0 Å². The van der Waals surface area contributed by atoms with E-state index in [2.05, 4.69) is 0 Å². The number of alkyl halides is 7. The van der Waals surface area contributed by atoms with Gasteiger partial charge in [-0.2, -0.15) is 30.7 Å². The van der Waals surface area contributed by atoms with E-state index in [0.29, 0.717) is 6.42 Å². The molecule has 1 N–H and O–H groups in total. The van der Waals surface area contributed by atoms with Crippen molar-refractivity contribution in [3.05, 3.63) is 0 Å². The molecule has 0 saturated carbocycles. The predicted molar refractivity (Wildman–Crippen MR) is 41.6 cm³/mol. The van der Waals surface area contributed by atoms with E-state index in [9.17, 15) is 30.7 Å². The molecule has 1 rings (SSSR count). The van der Waals surface area contributed by atoms with Crippen LogP contribution in [0.1, 0.15) is 19.3 Å². The second-order valence-corrected chi connectivity index (χ2v) is 3.70. The first-order chi connectivity index (χ1) is 7.11. The molecule has 1 nitrogen and oxygen atoms in total. The lowest BCUT2D eigenvalue weighted by atomic mass is 9.94. The van der Waals surface area contributed by atoms with E-state index < -0.39 is 30.5 Å². The summed E-state index contributed by atoms with van der Waals surface area (Å²) < 4.78 is 86.7. The molecule has 1 saturated heterocycles. The van der Waals surface area contributed by atoms with Crippen LogP contribution in [0.15, 0.2) is 0 Å². The number of halogens is 7. The van der Waals surface area contributed by atoms with Crippen LogP contribution in [0.2, 0.25) is 0 Å². The summed E-state index contributed by atoms with van der Waals surface area (Å²) >= 11 is 0. The molecule has 0 radical (unpaired) electrons. The largest absolute Gasteiger partial charge is 0.459 e. The SMILES string of the molecule is FC(F)(F)C(F)(F)C(F)(F)C1CCCCN1. The fourth-order valence-corrected chi connectivity index (χ4v) is 1.57. The van der Waals surface area contributed by atoms with Gasteiger partial charge in [0.1, 0.15) is 0 Å². The van der Waals surface area contributed by atoms with Crippen LogP contribution in [0, 0.1) is 0 Å². The van der Waals surface area contributed by atoms with Crippen molar-refractivity contribution in [1.82, 2.24) is 5.32 Å². The van der Waals surface area contributed by atoms with Crippen LogP contribution >= 0.6 is 0 Å². The van der Waals surface area contributed by atoms with Gasteiger partial charge in [-0.15, -0.1) is 0 Å². The van der Waals surface area contributed by atoms with Crippen molar-refractivity contribution in [1.29, 1.82) is 0 Å². The normalized spacial score (nSPS) is 24.6. The average Bonchev–Trinajstić information content (AvgIpc) is 2.17. The van der Waals surface area contributed by atoms with Crippen molar-refractivity contribution in [3.63, 3.8) is 0 Å². The highest BCUT2D eigenvalue weighted by Crippen LogP contribution is 2.49. The van der Waals surface area contributed by atoms with E-state index >= 15 is 0 Å². The number of nitrogens with one attached hydrogen (secondary N) is 1. The number of hydrogen-bond donors (Lipinski definition) is 1. The summed E-state index contributed by atoms with van der Waals surface area (Å²) in [5, 5.41) is 2.01. The van der Waals surface area contributed by atoms with E-state index in [1.54, 1.807) is 0 Å². The molecular formula is C8H10F7N. The van der Waals surface area contributed by atoms with Gasteiger partial charge < -0.3 is 5.32 Å². The van der Waals surface area contributed by atoms with E-state index in [4.69, 9.17) is 0 Å². The highest BCUT2D eigenvalue weighted by Gasteiger charge is 2.75. The quantitative estimate of drug-likeness (QED) is 0.746. The molecule has 16 heavy (non-hydrogen) atoms. The van der Waals surface area contributed by atoms with Gasteiger partial charge in [-0.05, 0) is 19.4 Å². The van der Waals surface area contributed by atoms with Gasteiger partial charge in [-0.3, -0.25) is 0 Å². The maximum atomic E-state index is 13.1. The van der Waals surface area contributed by atoms with Crippen molar-refractivity contribution in [2.75, 3.05) is 6.54 Å². The van der Waals surface area contributed by atoms with Crippen LogP contribution < -0.4 is 5.32 Å². The summed E-state index contributed by atoms with van der Waals surface area (Å²) in [6, 6.07) is -2.13. The Hall–Kier alpha value is -0.530. The highest BCUT2D eigenvalue weighted by molar-refractivity contribution is 4.99. The lowest BCUT2D eigenvalue weighted by Crippen LogP contribution is -2.62. The van der Waals surface area contributed by atoms with Crippen LogP contribution in [0.25, 0.3) is 0 Å². The van der Waals surface area contributed by atoms with Crippen LogP contribution in [0.5, 0.6) is 0 Å². The third kappa shape index (κ3) is 2.11. The van der Waals surface area contributed by atoms with Gasteiger partial charge in [0.25, 0.3) is 0 Å². The molecular weight excluding hydrogens is 243 g/mol. The Morgan fingerprint density at radius 1 is 0.875 bits per heavy atom. The van der Waals surface area contributed by atoms with Crippen molar-refractivity contribution < 1.29 is 30.7 Å². The Bertz CT molecular complexity index is 241. The zero-order valence-corrected chi connectivity index (χ0v) is 8.05. The zero-order chi connectivity index (χ0) is 12.6. The maximum Gasteiger partial charge on any atom is 0.459 e. The molecule has 0 aromatic rings. The van der Waals surface area contributed by atoms with Gasteiger partial charge in [-0.1, -0.05) is 6.42 Å². The highest BCUT2D eigenvalue weighted by atomic mass is 19.4. The molecule has 1 atom stereocenters. The number of rotatable bonds is 2. The first-order valence-electron chi connectivity index (χ1n) is 4.66. The van der Waals surface area contributed by atoms with Gasteiger partial charge in [0, 0.05) is 0 Å². The third-order valence-corrected chi connectivity index (χ3v) is 2.52. The summed E-state index contributed by atoms with van der Waals surface area (Å²) in [7, 11) is 0. The first kappa shape index (κ1) is 13.5. The van der Waals surface area contributed by atoms with E-state index in [-0.39, 0.29) is 13.0 Å². The minimum atomic E-state index is -6.24. The topological polar surface area (TPSA) is 12.0 Å². The molecule has 1 unspecified atom stereocenters. The molecule has 1 fully saturated rings. The predicted octanol–water partition coefficient (Wildman–Crippen LogP) is 2.96. The number of piperidine rings is 1. The second kappa shape index (κ2) is 4.05. The Morgan fingerprint density at radius 3 is 1.81 bits per heavy atom. The Morgan fingerprint density at radius 2 is 1.44 bits per heavy atom. The summed E-state index contributed by atoms with van der Waals surface area (Å²) in [4.78, 5) is 0. The summed E-state index contributed by atoms with van der Waals surface area (Å²) in [6.45, 7) is 0.0220. The fraction of sp³-hybridized carbons (Fsp3) is 1.00. The molecule has 1 aliphatic rings. The van der Waals surface area contributed by atoms with Crippen LogP contribution in [0.4, 0.5) is 30.7 Å². The second-order valence-electron chi connectivity index (χ2n) is 3.70. The number of hydrogen-bond acceptors (Lipinski definition) is 1. The van der Waals surface area contributed by atoms with Gasteiger partial charge >= 0.3 is 18.0 Å². The molecule has 0 aromatic heterocycles. The minimum Gasteiger partial charge on any atom is -0.308 e. The van der Waals surface area contributed by atoms with Crippen molar-refractivity contribution >= 4 is 0 Å². The van der Waals surface area contributed by atoms with Crippen molar-refractivity contribution in [2.45, 2.75) is 43.3 Å². The Kier molecular flexibility index (Phi) is 3.42. The zero-order valence-electron chi connectivity index (χ0n) is 8.05. The van der Waals surface area contributed by atoms with E-state index in [1.807, 2.05) is 5.32 Å². The monoisotopic (exact) mass is 253 g/mol. The molecule has 1 aliphatic heterocycles. The summed E-state index contributed by atoms with van der Waals surface area (Å²) in [5.74, 6) is -11.1. The molecule has 0 aromatic carbocycles. The Balaban J connectivity index is 2.90. The Labute approximate surface area is 87.0 Å². The molecule has 0 amide bonds. The molecule has 0 bridgehead atoms. The standard InChI is InChI=1S/C8H10F7N/c9-6(10,5-3-1-2-4-16-5)7(11,12)8(13,14)15/h5,16H,1-4H2. The van der Waals surface area contributed by atoms with Crippen molar-refractivity contribution in [3.8, 4) is 0 Å². The molecule has 1 heterocycles. The van der Waals surface area contributed by atoms with Crippen LogP contribution in [-0.4, -0.2) is 30.6 Å². The maximum absolute atomic E-state index is 13.1. The fourth-order valence-electron chi connectivity index (χ4n) is 1.57. The average molecular weight is 253 g/mol. The molecule has 96 valence electrons. The van der Waals surface area contributed by atoms with Gasteiger partial charge in [-0.25, -0.2) is 0 Å². The lowest BCUT2D eigenvalue weighted by Gasteiger charge is -2.36. The van der Waals surface area contributed by atoms with Gasteiger partial charge in [0.05, 0.1) is 6.04 Å². The summed E-state index contributed by atoms with van der Waals surface area (Å²) in [6.07, 6.45) is -5.93. The van der Waals surface area contributed by atoms with Crippen molar-refractivity contribution in [2.24, 2.45) is 0 Å². The van der Waals surface area contributed by atoms with Crippen LogP contribution in [0.3, 0.4) is 0 Å². The molecule has 0 aliphatic carbocycles. The molecule has 8 heteroatoms.